The first kappa shape index (κ1) is 15.3. The van der Waals surface area contributed by atoms with E-state index in [-0.39, 0.29) is 18.4 Å². The highest BCUT2D eigenvalue weighted by atomic mass is 16.5. The maximum atomic E-state index is 11.7. The van der Waals surface area contributed by atoms with Gasteiger partial charge in [0.25, 0.3) is 5.91 Å². The summed E-state index contributed by atoms with van der Waals surface area (Å²) in [6, 6.07) is 5.61. The Labute approximate surface area is 124 Å². The number of likely N-dealkylation sites (N-methyl/N-ethyl adjacent to an activating group) is 1. The number of hydrogen-bond acceptors (Lipinski definition) is 4. The van der Waals surface area contributed by atoms with E-state index in [4.69, 9.17) is 4.74 Å². The van der Waals surface area contributed by atoms with E-state index in [1.807, 2.05) is 37.2 Å². The van der Waals surface area contributed by atoms with Crippen molar-refractivity contribution in [1.82, 2.24) is 10.2 Å². The zero-order chi connectivity index (χ0) is 15.2. The van der Waals surface area contributed by atoms with Crippen LogP contribution in [0.4, 0.5) is 5.69 Å². The molecule has 2 amide bonds. The molecule has 1 heterocycles. The lowest BCUT2D eigenvalue weighted by atomic mass is 10.1. The predicted molar refractivity (Wildman–Crippen MR) is 80.5 cm³/mol. The number of carbonyl (C=O) groups excluding carboxylic acids is 2. The van der Waals surface area contributed by atoms with Gasteiger partial charge in [0.2, 0.25) is 5.91 Å². The van der Waals surface area contributed by atoms with Gasteiger partial charge in [-0.2, -0.15) is 0 Å². The monoisotopic (exact) mass is 291 g/mol. The van der Waals surface area contributed by atoms with Crippen LogP contribution in [0.1, 0.15) is 12.0 Å². The molecule has 0 saturated carbocycles. The molecule has 0 atom stereocenters. The highest BCUT2D eigenvalue weighted by Crippen LogP contribution is 2.28. The molecule has 0 aromatic heterocycles. The fraction of sp³-hybridized carbons (Fsp3) is 0.467. The van der Waals surface area contributed by atoms with Crippen molar-refractivity contribution in [2.75, 3.05) is 39.1 Å². The molecule has 2 N–H and O–H groups in total. The molecule has 0 bridgehead atoms. The fourth-order valence-corrected chi connectivity index (χ4v) is 2.05. The van der Waals surface area contributed by atoms with Crippen LogP contribution >= 0.6 is 0 Å². The second kappa shape index (κ2) is 7.08. The predicted octanol–water partition coefficient (Wildman–Crippen LogP) is 0.628. The fourth-order valence-electron chi connectivity index (χ4n) is 2.05. The largest absolute Gasteiger partial charge is 0.482 e. The minimum Gasteiger partial charge on any atom is -0.482 e. The molecule has 0 fully saturated rings. The third-order valence-electron chi connectivity index (χ3n) is 3.20. The van der Waals surface area contributed by atoms with E-state index < -0.39 is 0 Å². The third kappa shape index (κ3) is 4.75. The summed E-state index contributed by atoms with van der Waals surface area (Å²) >= 11 is 0. The van der Waals surface area contributed by atoms with E-state index in [1.54, 1.807) is 0 Å². The quantitative estimate of drug-likeness (QED) is 0.806. The van der Waals surface area contributed by atoms with Gasteiger partial charge in [0.05, 0.1) is 5.69 Å². The molecule has 0 radical (unpaired) electrons. The van der Waals surface area contributed by atoms with Gasteiger partial charge in [0, 0.05) is 19.5 Å². The molecule has 0 unspecified atom stereocenters. The smallest absolute Gasteiger partial charge is 0.262 e. The summed E-state index contributed by atoms with van der Waals surface area (Å²) in [5.74, 6) is 0.560. The lowest BCUT2D eigenvalue weighted by Gasteiger charge is -2.18. The first-order chi connectivity index (χ1) is 10.0. The summed E-state index contributed by atoms with van der Waals surface area (Å²) in [6.45, 7) is 1.54. The number of nitrogens with zero attached hydrogens (tertiary/aromatic N) is 1. The molecule has 6 nitrogen and oxygen atoms in total. The van der Waals surface area contributed by atoms with Crippen molar-refractivity contribution in [3.8, 4) is 5.75 Å². The van der Waals surface area contributed by atoms with Crippen molar-refractivity contribution in [3.63, 3.8) is 0 Å². The van der Waals surface area contributed by atoms with Gasteiger partial charge < -0.3 is 20.3 Å². The Morgan fingerprint density at radius 1 is 1.43 bits per heavy atom. The number of nitrogens with one attached hydrogen (secondary N) is 2. The van der Waals surface area contributed by atoms with E-state index >= 15 is 0 Å². The topological polar surface area (TPSA) is 70.7 Å². The van der Waals surface area contributed by atoms with Gasteiger partial charge in [-0.05, 0) is 38.2 Å². The molecule has 1 aromatic carbocycles. The average molecular weight is 291 g/mol. The van der Waals surface area contributed by atoms with Gasteiger partial charge in [0.1, 0.15) is 5.75 Å². The molecule has 2 rings (SSSR count). The van der Waals surface area contributed by atoms with Crippen molar-refractivity contribution >= 4 is 17.5 Å². The summed E-state index contributed by atoms with van der Waals surface area (Å²) in [5.41, 5.74) is 1.68. The molecule has 1 aliphatic rings. The van der Waals surface area contributed by atoms with E-state index in [1.165, 1.54) is 0 Å². The maximum Gasteiger partial charge on any atom is 0.262 e. The number of amides is 2. The minimum atomic E-state index is -0.152. The molecule has 1 aliphatic heterocycles. The number of fused-ring (bicyclic) bond motifs is 1. The number of benzene rings is 1. The Morgan fingerprint density at radius 2 is 2.24 bits per heavy atom. The molecular formula is C15H21N3O3. The zero-order valence-electron chi connectivity index (χ0n) is 12.4. The van der Waals surface area contributed by atoms with Crippen LogP contribution in [0.3, 0.4) is 0 Å². The molecule has 21 heavy (non-hydrogen) atoms. The summed E-state index contributed by atoms with van der Waals surface area (Å²) in [6.07, 6.45) is 1.07. The van der Waals surface area contributed by atoms with Gasteiger partial charge >= 0.3 is 0 Å². The number of anilines is 1. The van der Waals surface area contributed by atoms with Crippen LogP contribution in [-0.4, -0.2) is 50.5 Å². The summed E-state index contributed by atoms with van der Waals surface area (Å²) in [5, 5.41) is 5.64. The lowest BCUT2D eigenvalue weighted by molar-refractivity contribution is -0.121. The Hall–Kier alpha value is -2.08. The van der Waals surface area contributed by atoms with Gasteiger partial charge in [-0.3, -0.25) is 9.59 Å². The number of ether oxygens (including phenoxy) is 1. The van der Waals surface area contributed by atoms with Crippen LogP contribution in [0.25, 0.3) is 0 Å². The van der Waals surface area contributed by atoms with Crippen LogP contribution in [-0.2, 0) is 16.0 Å². The van der Waals surface area contributed by atoms with E-state index in [0.29, 0.717) is 30.8 Å². The van der Waals surface area contributed by atoms with Crippen molar-refractivity contribution < 1.29 is 14.3 Å². The number of aryl methyl sites for hydroxylation is 1. The SMILES string of the molecule is CN(C)CCNC(=O)CCc1ccc2c(c1)NC(=O)CO2. The van der Waals surface area contributed by atoms with Gasteiger partial charge in [-0.1, -0.05) is 6.07 Å². The highest BCUT2D eigenvalue weighted by Gasteiger charge is 2.16. The summed E-state index contributed by atoms with van der Waals surface area (Å²) < 4.78 is 5.30. The number of rotatable bonds is 6. The zero-order valence-corrected chi connectivity index (χ0v) is 12.4. The van der Waals surface area contributed by atoms with Crippen LogP contribution in [0.2, 0.25) is 0 Å². The van der Waals surface area contributed by atoms with Crippen molar-refractivity contribution in [3.05, 3.63) is 23.8 Å². The second-order valence-electron chi connectivity index (χ2n) is 5.32. The van der Waals surface area contributed by atoms with Gasteiger partial charge in [-0.25, -0.2) is 0 Å². The number of hydrogen-bond donors (Lipinski definition) is 2. The Balaban J connectivity index is 1.82. The van der Waals surface area contributed by atoms with E-state index in [2.05, 4.69) is 10.6 Å². The molecular weight excluding hydrogens is 270 g/mol. The maximum absolute atomic E-state index is 11.7. The van der Waals surface area contributed by atoms with Crippen LogP contribution in [0, 0.1) is 0 Å². The number of carbonyl (C=O) groups is 2. The lowest BCUT2D eigenvalue weighted by Crippen LogP contribution is -2.31. The summed E-state index contributed by atoms with van der Waals surface area (Å²) in [4.78, 5) is 25.0. The first-order valence-corrected chi connectivity index (χ1v) is 7.01. The normalized spacial score (nSPS) is 13.4. The first-order valence-electron chi connectivity index (χ1n) is 7.01. The molecule has 0 aliphatic carbocycles. The highest BCUT2D eigenvalue weighted by molar-refractivity contribution is 5.95. The van der Waals surface area contributed by atoms with Crippen LogP contribution in [0.15, 0.2) is 18.2 Å². The Kier molecular flexibility index (Phi) is 5.16. The average Bonchev–Trinajstić information content (AvgIpc) is 2.44. The third-order valence-corrected chi connectivity index (χ3v) is 3.20. The molecule has 0 spiro atoms. The van der Waals surface area contributed by atoms with Crippen molar-refractivity contribution in [2.45, 2.75) is 12.8 Å². The minimum absolute atomic E-state index is 0.0369. The van der Waals surface area contributed by atoms with Crippen LogP contribution < -0.4 is 15.4 Å². The molecule has 6 heteroatoms. The Bertz CT molecular complexity index is 529. The Morgan fingerprint density at radius 3 is 3.00 bits per heavy atom. The van der Waals surface area contributed by atoms with E-state index in [0.717, 1.165) is 12.1 Å². The van der Waals surface area contributed by atoms with Gasteiger partial charge in [-0.15, -0.1) is 0 Å². The van der Waals surface area contributed by atoms with Crippen molar-refractivity contribution in [1.29, 1.82) is 0 Å². The van der Waals surface area contributed by atoms with E-state index in [9.17, 15) is 9.59 Å². The van der Waals surface area contributed by atoms with Crippen molar-refractivity contribution in [2.24, 2.45) is 0 Å². The second-order valence-corrected chi connectivity index (χ2v) is 5.32. The standard InChI is InChI=1S/C15H21N3O3/c1-18(2)8-7-16-14(19)6-4-11-3-5-13-12(9-11)17-15(20)10-21-13/h3,5,9H,4,6-8,10H2,1-2H3,(H,16,19)(H,17,20). The summed E-state index contributed by atoms with van der Waals surface area (Å²) in [7, 11) is 3.94. The molecule has 114 valence electrons. The van der Waals surface area contributed by atoms with Crippen LogP contribution in [0.5, 0.6) is 5.75 Å². The van der Waals surface area contributed by atoms with Gasteiger partial charge in [0.15, 0.2) is 6.61 Å². The molecule has 1 aromatic rings. The molecule has 0 saturated heterocycles.